The van der Waals surface area contributed by atoms with Gasteiger partial charge >= 0.3 is 0 Å². The van der Waals surface area contributed by atoms with Crippen LogP contribution in [0, 0.1) is 12.3 Å². The average molecular weight is 259 g/mol. The van der Waals surface area contributed by atoms with E-state index in [-0.39, 0.29) is 5.91 Å². The highest BCUT2D eigenvalue weighted by atomic mass is 16.5. The Labute approximate surface area is 115 Å². The Balaban J connectivity index is 2.17. The molecular formula is C16H21NO2. The molecule has 0 radical (unpaired) electrons. The van der Waals surface area contributed by atoms with Crippen LogP contribution in [-0.2, 0) is 11.2 Å². The quantitative estimate of drug-likeness (QED) is 0.575. The number of unbranched alkanes of at least 4 members (excludes halogenated alkanes) is 2. The minimum Gasteiger partial charge on any atom is -0.497 e. The molecule has 102 valence electrons. The first kappa shape index (κ1) is 15.1. The van der Waals surface area contributed by atoms with E-state index in [1.54, 1.807) is 7.11 Å². The number of terminal acetylenes is 1. The Kier molecular flexibility index (Phi) is 7.19. The Bertz CT molecular complexity index is 417. The van der Waals surface area contributed by atoms with Gasteiger partial charge in [-0.05, 0) is 37.0 Å². The molecular weight excluding hydrogens is 238 g/mol. The number of hydrogen-bond donors (Lipinski definition) is 1. The lowest BCUT2D eigenvalue weighted by atomic mass is 10.1. The number of rotatable bonds is 8. The zero-order valence-corrected chi connectivity index (χ0v) is 11.4. The summed E-state index contributed by atoms with van der Waals surface area (Å²) >= 11 is 0. The molecule has 0 unspecified atom stereocenters. The van der Waals surface area contributed by atoms with Crippen LogP contribution in [0.15, 0.2) is 24.3 Å². The molecule has 1 aromatic carbocycles. The number of aryl methyl sites for hydroxylation is 1. The van der Waals surface area contributed by atoms with E-state index in [2.05, 4.69) is 11.2 Å². The molecule has 19 heavy (non-hydrogen) atoms. The highest BCUT2D eigenvalue weighted by Gasteiger charge is 2.02. The van der Waals surface area contributed by atoms with E-state index < -0.39 is 0 Å². The molecule has 3 nitrogen and oxygen atoms in total. The largest absolute Gasteiger partial charge is 0.497 e. The van der Waals surface area contributed by atoms with Crippen LogP contribution in [0.3, 0.4) is 0 Å². The van der Waals surface area contributed by atoms with Crippen LogP contribution < -0.4 is 10.1 Å². The smallest absolute Gasteiger partial charge is 0.220 e. The molecule has 0 bridgehead atoms. The predicted octanol–water partition coefficient (Wildman–Crippen LogP) is 2.55. The van der Waals surface area contributed by atoms with Crippen molar-refractivity contribution in [2.24, 2.45) is 0 Å². The minimum atomic E-state index is 0.0940. The van der Waals surface area contributed by atoms with Gasteiger partial charge < -0.3 is 10.1 Å². The number of carbonyl (C=O) groups is 1. The molecule has 0 fully saturated rings. The highest BCUT2D eigenvalue weighted by Crippen LogP contribution is 2.12. The maximum absolute atomic E-state index is 11.6. The fourth-order valence-corrected chi connectivity index (χ4v) is 1.72. The van der Waals surface area contributed by atoms with Gasteiger partial charge in [0.05, 0.1) is 7.11 Å². The monoisotopic (exact) mass is 259 g/mol. The fourth-order valence-electron chi connectivity index (χ4n) is 1.72. The lowest BCUT2D eigenvalue weighted by Crippen LogP contribution is -2.24. The molecule has 1 rings (SSSR count). The van der Waals surface area contributed by atoms with Crippen molar-refractivity contribution >= 4 is 5.91 Å². The van der Waals surface area contributed by atoms with E-state index in [1.165, 1.54) is 0 Å². The molecule has 0 atom stereocenters. The first-order valence-electron chi connectivity index (χ1n) is 6.59. The number of hydrogen-bond acceptors (Lipinski definition) is 2. The molecule has 0 aliphatic rings. The third-order valence-electron chi connectivity index (χ3n) is 2.87. The van der Waals surface area contributed by atoms with Crippen LogP contribution in [0.4, 0.5) is 0 Å². The van der Waals surface area contributed by atoms with E-state index in [1.807, 2.05) is 24.3 Å². The molecule has 0 saturated heterocycles. The third-order valence-corrected chi connectivity index (χ3v) is 2.87. The van der Waals surface area contributed by atoms with Gasteiger partial charge in [-0.15, -0.1) is 12.3 Å². The molecule has 1 N–H and O–H groups in total. The summed E-state index contributed by atoms with van der Waals surface area (Å²) in [6.45, 7) is 0.711. The van der Waals surface area contributed by atoms with Gasteiger partial charge in [0.15, 0.2) is 0 Å². The normalized spacial score (nSPS) is 9.68. The number of benzene rings is 1. The van der Waals surface area contributed by atoms with Crippen LogP contribution in [0.1, 0.15) is 31.2 Å². The van der Waals surface area contributed by atoms with Crippen molar-refractivity contribution in [2.45, 2.75) is 32.1 Å². The zero-order valence-electron chi connectivity index (χ0n) is 11.4. The van der Waals surface area contributed by atoms with Gasteiger partial charge in [-0.2, -0.15) is 0 Å². The summed E-state index contributed by atoms with van der Waals surface area (Å²) in [5.74, 6) is 3.52. The van der Waals surface area contributed by atoms with Gasteiger partial charge in [-0.3, -0.25) is 4.79 Å². The molecule has 0 heterocycles. The SMILES string of the molecule is C#CCCCCNC(=O)CCc1ccc(OC)cc1. The maximum Gasteiger partial charge on any atom is 0.220 e. The lowest BCUT2D eigenvalue weighted by molar-refractivity contribution is -0.121. The van der Waals surface area contributed by atoms with Crippen LogP contribution in [0.25, 0.3) is 0 Å². The van der Waals surface area contributed by atoms with Crippen molar-refractivity contribution < 1.29 is 9.53 Å². The Morgan fingerprint density at radius 3 is 2.68 bits per heavy atom. The van der Waals surface area contributed by atoms with Gasteiger partial charge in [0.25, 0.3) is 0 Å². The van der Waals surface area contributed by atoms with Gasteiger partial charge in [0, 0.05) is 19.4 Å². The number of carbonyl (C=O) groups excluding carboxylic acids is 1. The van der Waals surface area contributed by atoms with Gasteiger partial charge in [-0.1, -0.05) is 12.1 Å². The molecule has 0 aliphatic heterocycles. The van der Waals surface area contributed by atoms with Crippen molar-refractivity contribution in [3.63, 3.8) is 0 Å². The van der Waals surface area contributed by atoms with E-state index in [0.717, 1.165) is 37.0 Å². The summed E-state index contributed by atoms with van der Waals surface area (Å²) in [6, 6.07) is 7.79. The number of methoxy groups -OCH3 is 1. The first-order valence-corrected chi connectivity index (χ1v) is 6.59. The number of ether oxygens (including phenoxy) is 1. The van der Waals surface area contributed by atoms with E-state index >= 15 is 0 Å². The van der Waals surface area contributed by atoms with Crippen molar-refractivity contribution in [1.29, 1.82) is 0 Å². The second-order valence-electron chi connectivity index (χ2n) is 4.36. The van der Waals surface area contributed by atoms with E-state index in [4.69, 9.17) is 11.2 Å². The fraction of sp³-hybridized carbons (Fsp3) is 0.438. The van der Waals surface area contributed by atoms with Crippen LogP contribution in [0.5, 0.6) is 5.75 Å². The summed E-state index contributed by atoms with van der Waals surface area (Å²) in [4.78, 5) is 11.6. The summed E-state index contributed by atoms with van der Waals surface area (Å²) < 4.78 is 5.09. The zero-order chi connectivity index (χ0) is 13.9. The van der Waals surface area contributed by atoms with Crippen molar-refractivity contribution in [3.05, 3.63) is 29.8 Å². The lowest BCUT2D eigenvalue weighted by Gasteiger charge is -2.05. The minimum absolute atomic E-state index is 0.0940. The summed E-state index contributed by atoms with van der Waals surface area (Å²) in [5.41, 5.74) is 1.14. The molecule has 1 aromatic rings. The highest BCUT2D eigenvalue weighted by molar-refractivity contribution is 5.76. The standard InChI is InChI=1S/C16H21NO2/c1-3-4-5-6-13-17-16(18)12-9-14-7-10-15(19-2)11-8-14/h1,7-8,10-11H,4-6,9,12-13H2,2H3,(H,17,18). The van der Waals surface area contributed by atoms with Crippen molar-refractivity contribution in [3.8, 4) is 18.1 Å². The summed E-state index contributed by atoms with van der Waals surface area (Å²) in [7, 11) is 1.64. The van der Waals surface area contributed by atoms with Gasteiger partial charge in [0.2, 0.25) is 5.91 Å². The maximum atomic E-state index is 11.6. The van der Waals surface area contributed by atoms with Crippen LogP contribution >= 0.6 is 0 Å². The van der Waals surface area contributed by atoms with Gasteiger partial charge in [0.1, 0.15) is 5.75 Å². The first-order chi connectivity index (χ1) is 9.26. The molecule has 0 saturated carbocycles. The number of nitrogens with one attached hydrogen (secondary N) is 1. The second-order valence-corrected chi connectivity index (χ2v) is 4.36. The van der Waals surface area contributed by atoms with Crippen molar-refractivity contribution in [2.75, 3.05) is 13.7 Å². The van der Waals surface area contributed by atoms with E-state index in [9.17, 15) is 4.79 Å². The Morgan fingerprint density at radius 1 is 1.32 bits per heavy atom. The van der Waals surface area contributed by atoms with E-state index in [0.29, 0.717) is 13.0 Å². The molecule has 3 heteroatoms. The summed E-state index contributed by atoms with van der Waals surface area (Å²) in [5, 5.41) is 2.90. The van der Waals surface area contributed by atoms with Crippen LogP contribution in [0.2, 0.25) is 0 Å². The number of amides is 1. The predicted molar refractivity (Wildman–Crippen MR) is 77.0 cm³/mol. The Hall–Kier alpha value is -1.95. The third kappa shape index (κ3) is 6.52. The molecule has 0 aliphatic carbocycles. The van der Waals surface area contributed by atoms with Crippen LogP contribution in [-0.4, -0.2) is 19.6 Å². The average Bonchev–Trinajstić information content (AvgIpc) is 2.45. The Morgan fingerprint density at radius 2 is 2.05 bits per heavy atom. The topological polar surface area (TPSA) is 38.3 Å². The molecule has 1 amide bonds. The summed E-state index contributed by atoms with van der Waals surface area (Å²) in [6.07, 6.45) is 9.11. The van der Waals surface area contributed by atoms with Gasteiger partial charge in [-0.25, -0.2) is 0 Å². The second kappa shape index (κ2) is 9.04. The van der Waals surface area contributed by atoms with Crippen molar-refractivity contribution in [1.82, 2.24) is 5.32 Å². The molecule has 0 aromatic heterocycles. The molecule has 0 spiro atoms.